The average Bonchev–Trinajstić information content (AvgIpc) is 3.11. The summed E-state index contributed by atoms with van der Waals surface area (Å²) in [5.74, 6) is 1.50. The molecule has 24 heavy (non-hydrogen) atoms. The Morgan fingerprint density at radius 3 is 2.67 bits per heavy atom. The van der Waals surface area contributed by atoms with Gasteiger partial charge >= 0.3 is 0 Å². The van der Waals surface area contributed by atoms with Gasteiger partial charge in [-0.1, -0.05) is 30.0 Å². The van der Waals surface area contributed by atoms with E-state index in [0.717, 1.165) is 42.6 Å². The number of anilines is 1. The van der Waals surface area contributed by atoms with Crippen molar-refractivity contribution in [1.29, 1.82) is 0 Å². The van der Waals surface area contributed by atoms with E-state index < -0.39 is 0 Å². The molecule has 2 fully saturated rings. The first-order valence-corrected chi connectivity index (χ1v) is 9.27. The van der Waals surface area contributed by atoms with Gasteiger partial charge in [-0.05, 0) is 25.7 Å². The molecule has 1 saturated heterocycles. The Hall–Kier alpha value is -2.09. The van der Waals surface area contributed by atoms with Gasteiger partial charge in [-0.2, -0.15) is 0 Å². The van der Waals surface area contributed by atoms with Crippen molar-refractivity contribution in [3.05, 3.63) is 39.9 Å². The van der Waals surface area contributed by atoms with Crippen LogP contribution in [0.3, 0.4) is 0 Å². The lowest BCUT2D eigenvalue weighted by Gasteiger charge is -2.17. The third kappa shape index (κ3) is 2.98. The van der Waals surface area contributed by atoms with Crippen LogP contribution in [0.4, 0.5) is 11.6 Å². The Balaban J connectivity index is 1.56. The molecule has 126 valence electrons. The SMILES string of the molecule is O=[N+]([O-])c1ccccc1CSc1nnc(N2CCCC2)n1C1CC1. The molecular weight excluding hydrogens is 326 g/mol. The van der Waals surface area contributed by atoms with E-state index in [1.54, 1.807) is 12.1 Å². The van der Waals surface area contributed by atoms with E-state index in [1.807, 2.05) is 12.1 Å². The van der Waals surface area contributed by atoms with Gasteiger partial charge < -0.3 is 4.90 Å². The van der Waals surface area contributed by atoms with Gasteiger partial charge in [-0.15, -0.1) is 10.2 Å². The van der Waals surface area contributed by atoms with E-state index in [2.05, 4.69) is 19.7 Å². The quantitative estimate of drug-likeness (QED) is 0.453. The van der Waals surface area contributed by atoms with Gasteiger partial charge in [0.15, 0.2) is 5.16 Å². The second-order valence-corrected chi connectivity index (χ2v) is 7.19. The molecule has 0 radical (unpaired) electrons. The number of hydrogen-bond donors (Lipinski definition) is 0. The smallest absolute Gasteiger partial charge is 0.273 e. The molecule has 2 aromatic rings. The minimum Gasteiger partial charge on any atom is -0.341 e. The molecule has 1 aromatic carbocycles. The van der Waals surface area contributed by atoms with Crippen LogP contribution >= 0.6 is 11.8 Å². The van der Waals surface area contributed by atoms with Crippen LogP contribution in [0.2, 0.25) is 0 Å². The van der Waals surface area contributed by atoms with Gasteiger partial charge in [-0.3, -0.25) is 14.7 Å². The minimum atomic E-state index is -0.322. The fourth-order valence-corrected chi connectivity index (χ4v) is 4.10. The van der Waals surface area contributed by atoms with Crippen molar-refractivity contribution in [3.8, 4) is 0 Å². The van der Waals surface area contributed by atoms with Gasteiger partial charge in [0.25, 0.3) is 5.69 Å². The molecule has 0 spiro atoms. The zero-order valence-corrected chi connectivity index (χ0v) is 14.1. The molecule has 0 N–H and O–H groups in total. The molecule has 1 aliphatic heterocycles. The highest BCUT2D eigenvalue weighted by atomic mass is 32.2. The van der Waals surface area contributed by atoms with Crippen LogP contribution in [-0.4, -0.2) is 32.8 Å². The van der Waals surface area contributed by atoms with Crippen LogP contribution in [0.5, 0.6) is 0 Å². The van der Waals surface area contributed by atoms with Gasteiger partial charge in [-0.25, -0.2) is 0 Å². The summed E-state index contributed by atoms with van der Waals surface area (Å²) in [5, 5.41) is 20.8. The van der Waals surface area contributed by atoms with Crippen LogP contribution in [-0.2, 0) is 5.75 Å². The normalized spacial score (nSPS) is 17.4. The molecule has 1 aromatic heterocycles. The predicted octanol–water partition coefficient (Wildman–Crippen LogP) is 3.41. The number of thioether (sulfide) groups is 1. The highest BCUT2D eigenvalue weighted by Gasteiger charge is 2.32. The highest BCUT2D eigenvalue weighted by molar-refractivity contribution is 7.98. The van der Waals surface area contributed by atoms with Crippen LogP contribution in [0.1, 0.15) is 37.3 Å². The van der Waals surface area contributed by atoms with Crippen molar-refractivity contribution < 1.29 is 4.92 Å². The lowest BCUT2D eigenvalue weighted by atomic mass is 10.2. The van der Waals surface area contributed by atoms with E-state index in [1.165, 1.54) is 24.6 Å². The summed E-state index contributed by atoms with van der Waals surface area (Å²) in [6.45, 7) is 2.08. The number of benzene rings is 1. The Morgan fingerprint density at radius 2 is 1.96 bits per heavy atom. The van der Waals surface area contributed by atoms with Crippen molar-refractivity contribution in [2.45, 2.75) is 42.6 Å². The van der Waals surface area contributed by atoms with E-state index >= 15 is 0 Å². The molecule has 0 amide bonds. The lowest BCUT2D eigenvalue weighted by Crippen LogP contribution is -2.22. The zero-order chi connectivity index (χ0) is 16.5. The maximum Gasteiger partial charge on any atom is 0.273 e. The fraction of sp³-hybridized carbons (Fsp3) is 0.500. The summed E-state index contributed by atoms with van der Waals surface area (Å²) >= 11 is 1.54. The Morgan fingerprint density at radius 1 is 1.21 bits per heavy atom. The standard InChI is InChI=1S/C16H19N5O2S/c22-21(23)14-6-2-1-5-12(14)11-24-16-18-17-15(19-9-3-4-10-19)20(16)13-7-8-13/h1-2,5-6,13H,3-4,7-11H2. The summed E-state index contributed by atoms with van der Waals surface area (Å²) in [7, 11) is 0. The van der Waals surface area contributed by atoms with E-state index in [9.17, 15) is 10.1 Å². The Bertz CT molecular complexity index is 753. The number of hydrogen-bond acceptors (Lipinski definition) is 6. The molecule has 2 heterocycles. The largest absolute Gasteiger partial charge is 0.341 e. The predicted molar refractivity (Wildman–Crippen MR) is 92.4 cm³/mol. The monoisotopic (exact) mass is 345 g/mol. The van der Waals surface area contributed by atoms with E-state index in [0.29, 0.717) is 11.8 Å². The summed E-state index contributed by atoms with van der Waals surface area (Å²) in [6, 6.07) is 7.39. The molecule has 0 bridgehead atoms. The van der Waals surface area contributed by atoms with Crippen molar-refractivity contribution in [1.82, 2.24) is 14.8 Å². The molecule has 0 unspecified atom stereocenters. The molecule has 8 heteroatoms. The first-order valence-electron chi connectivity index (χ1n) is 8.29. The van der Waals surface area contributed by atoms with Gasteiger partial charge in [0, 0.05) is 36.5 Å². The average molecular weight is 345 g/mol. The molecule has 1 saturated carbocycles. The number of nitrogens with zero attached hydrogens (tertiary/aromatic N) is 5. The minimum absolute atomic E-state index is 0.169. The van der Waals surface area contributed by atoms with Crippen LogP contribution < -0.4 is 4.90 Å². The summed E-state index contributed by atoms with van der Waals surface area (Å²) in [5.41, 5.74) is 0.892. The van der Waals surface area contributed by atoms with Crippen molar-refractivity contribution in [2.75, 3.05) is 18.0 Å². The van der Waals surface area contributed by atoms with Crippen LogP contribution in [0, 0.1) is 10.1 Å². The molecule has 0 atom stereocenters. The summed E-state index contributed by atoms with van der Waals surface area (Å²) in [6.07, 6.45) is 4.74. The fourth-order valence-electron chi connectivity index (χ4n) is 3.11. The maximum atomic E-state index is 11.2. The Kier molecular flexibility index (Phi) is 4.13. The number of para-hydroxylation sites is 1. The third-order valence-corrected chi connectivity index (χ3v) is 5.48. The van der Waals surface area contributed by atoms with Crippen molar-refractivity contribution in [2.24, 2.45) is 0 Å². The molecule has 2 aliphatic rings. The number of rotatable bonds is 6. The summed E-state index contributed by atoms with van der Waals surface area (Å²) in [4.78, 5) is 13.1. The van der Waals surface area contributed by atoms with Gasteiger partial charge in [0.2, 0.25) is 5.95 Å². The first kappa shape index (κ1) is 15.4. The van der Waals surface area contributed by atoms with Crippen molar-refractivity contribution >= 4 is 23.4 Å². The van der Waals surface area contributed by atoms with Crippen molar-refractivity contribution in [3.63, 3.8) is 0 Å². The number of aromatic nitrogens is 3. The van der Waals surface area contributed by atoms with Crippen LogP contribution in [0.25, 0.3) is 0 Å². The second kappa shape index (κ2) is 6.43. The zero-order valence-electron chi connectivity index (χ0n) is 13.3. The third-order valence-electron chi connectivity index (χ3n) is 4.49. The van der Waals surface area contributed by atoms with Crippen LogP contribution in [0.15, 0.2) is 29.4 Å². The molecule has 4 rings (SSSR count). The van der Waals surface area contributed by atoms with E-state index in [-0.39, 0.29) is 10.6 Å². The first-order chi connectivity index (χ1) is 11.7. The summed E-state index contributed by atoms with van der Waals surface area (Å²) < 4.78 is 2.24. The number of nitro groups is 1. The van der Waals surface area contributed by atoms with E-state index in [4.69, 9.17) is 0 Å². The lowest BCUT2D eigenvalue weighted by molar-refractivity contribution is -0.385. The second-order valence-electron chi connectivity index (χ2n) is 6.25. The maximum absolute atomic E-state index is 11.2. The molecular formula is C16H19N5O2S. The number of nitro benzene ring substituents is 1. The topological polar surface area (TPSA) is 77.1 Å². The highest BCUT2D eigenvalue weighted by Crippen LogP contribution is 2.42. The van der Waals surface area contributed by atoms with Gasteiger partial charge in [0.05, 0.1) is 4.92 Å². The molecule has 1 aliphatic carbocycles. The van der Waals surface area contributed by atoms with Gasteiger partial charge in [0.1, 0.15) is 0 Å². The Labute approximate surface area is 144 Å². The molecule has 7 nitrogen and oxygen atoms in total.